The molecule has 7 nitrogen and oxygen atoms in total. The van der Waals surface area contributed by atoms with Crippen LogP contribution in [0, 0.1) is 0 Å². The highest BCUT2D eigenvalue weighted by Gasteiger charge is 2.46. The standard InChI is InChI=1S/C13H19N5O2S/c1-7(2)17-10(6-14)15-16-13(17)21-9-5-11(19)18(12(9)20)8-3-4-8/h7-9H,3-6,14H2,1-2H3. The van der Waals surface area contributed by atoms with Gasteiger partial charge in [-0.15, -0.1) is 10.2 Å². The predicted octanol–water partition coefficient (Wildman–Crippen LogP) is 0.700. The molecule has 0 spiro atoms. The lowest BCUT2D eigenvalue weighted by Gasteiger charge is -2.15. The maximum atomic E-state index is 12.4. The monoisotopic (exact) mass is 309 g/mol. The third-order valence-electron chi connectivity index (χ3n) is 3.74. The average molecular weight is 309 g/mol. The Morgan fingerprint density at radius 3 is 2.62 bits per heavy atom. The molecule has 2 amide bonds. The summed E-state index contributed by atoms with van der Waals surface area (Å²) < 4.78 is 1.93. The number of hydrogen-bond donors (Lipinski definition) is 1. The number of thioether (sulfide) groups is 1. The minimum absolute atomic E-state index is 0.0605. The highest BCUT2D eigenvalue weighted by molar-refractivity contribution is 8.00. The van der Waals surface area contributed by atoms with E-state index >= 15 is 0 Å². The van der Waals surface area contributed by atoms with Crippen LogP contribution in [0.1, 0.15) is 45.0 Å². The molecule has 1 unspecified atom stereocenters. The molecule has 2 heterocycles. The first-order chi connectivity index (χ1) is 10.0. The molecule has 2 fully saturated rings. The van der Waals surface area contributed by atoms with Crippen LogP contribution in [0.3, 0.4) is 0 Å². The number of hydrogen-bond acceptors (Lipinski definition) is 6. The Labute approximate surface area is 127 Å². The molecule has 0 aromatic carbocycles. The Balaban J connectivity index is 1.79. The van der Waals surface area contributed by atoms with Crippen LogP contribution in [-0.4, -0.2) is 42.8 Å². The number of amides is 2. The predicted molar refractivity (Wildman–Crippen MR) is 77.4 cm³/mol. The first-order valence-electron chi connectivity index (χ1n) is 7.19. The number of nitrogens with zero attached hydrogens (tertiary/aromatic N) is 4. The average Bonchev–Trinajstić information content (AvgIpc) is 3.10. The molecule has 1 aliphatic carbocycles. The number of carbonyl (C=O) groups excluding carboxylic acids is 2. The van der Waals surface area contributed by atoms with Crippen LogP contribution in [0.25, 0.3) is 0 Å². The van der Waals surface area contributed by atoms with Gasteiger partial charge in [-0.3, -0.25) is 14.5 Å². The number of rotatable bonds is 5. The van der Waals surface area contributed by atoms with Crippen LogP contribution >= 0.6 is 11.8 Å². The molecule has 21 heavy (non-hydrogen) atoms. The van der Waals surface area contributed by atoms with Crippen molar-refractivity contribution < 1.29 is 9.59 Å². The van der Waals surface area contributed by atoms with E-state index in [1.807, 2.05) is 18.4 Å². The molecule has 3 rings (SSSR count). The van der Waals surface area contributed by atoms with Crippen molar-refractivity contribution in [3.8, 4) is 0 Å². The van der Waals surface area contributed by atoms with Gasteiger partial charge in [0.1, 0.15) is 11.1 Å². The summed E-state index contributed by atoms with van der Waals surface area (Å²) >= 11 is 1.32. The molecule has 0 radical (unpaired) electrons. The minimum Gasteiger partial charge on any atom is -0.324 e. The summed E-state index contributed by atoms with van der Waals surface area (Å²) in [6, 6.07) is 0.297. The summed E-state index contributed by atoms with van der Waals surface area (Å²) in [6.07, 6.45) is 2.13. The Morgan fingerprint density at radius 2 is 2.05 bits per heavy atom. The summed E-state index contributed by atoms with van der Waals surface area (Å²) in [7, 11) is 0. The van der Waals surface area contributed by atoms with Crippen LogP contribution < -0.4 is 5.73 Å². The van der Waals surface area contributed by atoms with Gasteiger partial charge < -0.3 is 10.3 Å². The van der Waals surface area contributed by atoms with Crippen LogP contribution in [-0.2, 0) is 16.1 Å². The molecule has 8 heteroatoms. The van der Waals surface area contributed by atoms with Crippen molar-refractivity contribution in [2.45, 2.75) is 62.1 Å². The van der Waals surface area contributed by atoms with Crippen molar-refractivity contribution in [1.82, 2.24) is 19.7 Å². The zero-order valence-corrected chi connectivity index (χ0v) is 13.0. The Kier molecular flexibility index (Phi) is 3.75. The summed E-state index contributed by atoms with van der Waals surface area (Å²) in [4.78, 5) is 25.8. The van der Waals surface area contributed by atoms with E-state index in [2.05, 4.69) is 10.2 Å². The molecule has 2 aliphatic rings. The lowest BCUT2D eigenvalue weighted by molar-refractivity contribution is -0.138. The fraction of sp³-hybridized carbons (Fsp3) is 0.692. The molecule has 2 N–H and O–H groups in total. The summed E-state index contributed by atoms with van der Waals surface area (Å²) in [6.45, 7) is 4.34. The third-order valence-corrected chi connectivity index (χ3v) is 4.88. The molecule has 1 aromatic rings. The van der Waals surface area contributed by atoms with Crippen LogP contribution in [0.2, 0.25) is 0 Å². The highest BCUT2D eigenvalue weighted by atomic mass is 32.2. The lowest BCUT2D eigenvalue weighted by Crippen LogP contribution is -2.33. The molecular formula is C13H19N5O2S. The van der Waals surface area contributed by atoms with E-state index < -0.39 is 0 Å². The maximum absolute atomic E-state index is 12.4. The Hall–Kier alpha value is -1.41. The second kappa shape index (κ2) is 5.42. The van der Waals surface area contributed by atoms with Gasteiger partial charge in [0.15, 0.2) is 5.16 Å². The van der Waals surface area contributed by atoms with Gasteiger partial charge in [-0.2, -0.15) is 0 Å². The second-order valence-electron chi connectivity index (χ2n) is 5.71. The van der Waals surface area contributed by atoms with Gasteiger partial charge in [0.25, 0.3) is 0 Å². The molecule has 1 aromatic heterocycles. The van der Waals surface area contributed by atoms with E-state index in [0.29, 0.717) is 17.5 Å². The van der Waals surface area contributed by atoms with Crippen LogP contribution in [0.5, 0.6) is 0 Å². The van der Waals surface area contributed by atoms with E-state index in [-0.39, 0.29) is 35.6 Å². The topological polar surface area (TPSA) is 94.1 Å². The van der Waals surface area contributed by atoms with Gasteiger partial charge in [0, 0.05) is 18.5 Å². The fourth-order valence-electron chi connectivity index (χ4n) is 2.60. The number of carbonyl (C=O) groups is 2. The first-order valence-corrected chi connectivity index (χ1v) is 8.07. The molecular weight excluding hydrogens is 290 g/mol. The van der Waals surface area contributed by atoms with Crippen molar-refractivity contribution in [2.24, 2.45) is 5.73 Å². The molecule has 1 atom stereocenters. The quantitative estimate of drug-likeness (QED) is 0.805. The van der Waals surface area contributed by atoms with Gasteiger partial charge >= 0.3 is 0 Å². The van der Waals surface area contributed by atoms with Gasteiger partial charge in [0.2, 0.25) is 11.8 Å². The van der Waals surface area contributed by atoms with Crippen LogP contribution in [0.15, 0.2) is 5.16 Å². The van der Waals surface area contributed by atoms with Crippen molar-refractivity contribution in [1.29, 1.82) is 0 Å². The summed E-state index contributed by atoms with van der Waals surface area (Å²) in [5, 5.41) is 8.47. The Bertz CT molecular complexity index is 581. The minimum atomic E-state index is -0.384. The van der Waals surface area contributed by atoms with E-state index in [1.165, 1.54) is 16.7 Å². The molecule has 114 valence electrons. The van der Waals surface area contributed by atoms with Crippen molar-refractivity contribution in [3.05, 3.63) is 5.82 Å². The zero-order chi connectivity index (χ0) is 15.1. The maximum Gasteiger partial charge on any atom is 0.243 e. The number of aromatic nitrogens is 3. The van der Waals surface area contributed by atoms with E-state index in [0.717, 1.165) is 12.8 Å². The summed E-state index contributed by atoms with van der Waals surface area (Å²) in [5.41, 5.74) is 5.67. The smallest absolute Gasteiger partial charge is 0.243 e. The largest absolute Gasteiger partial charge is 0.324 e. The van der Waals surface area contributed by atoms with Crippen LogP contribution in [0.4, 0.5) is 0 Å². The van der Waals surface area contributed by atoms with Crippen molar-refractivity contribution >= 4 is 23.6 Å². The zero-order valence-electron chi connectivity index (χ0n) is 12.2. The second-order valence-corrected chi connectivity index (χ2v) is 6.88. The normalized spacial score (nSPS) is 22.7. The molecule has 1 saturated carbocycles. The molecule has 1 aliphatic heterocycles. The van der Waals surface area contributed by atoms with Gasteiger partial charge in [-0.25, -0.2) is 0 Å². The van der Waals surface area contributed by atoms with E-state index in [9.17, 15) is 9.59 Å². The molecule has 0 bridgehead atoms. The van der Waals surface area contributed by atoms with E-state index in [4.69, 9.17) is 5.73 Å². The van der Waals surface area contributed by atoms with Crippen molar-refractivity contribution in [3.63, 3.8) is 0 Å². The SMILES string of the molecule is CC(C)n1c(CN)nnc1SC1CC(=O)N(C2CC2)C1=O. The lowest BCUT2D eigenvalue weighted by atomic mass is 10.4. The van der Waals surface area contributed by atoms with Gasteiger partial charge in [-0.1, -0.05) is 11.8 Å². The van der Waals surface area contributed by atoms with Crippen molar-refractivity contribution in [2.75, 3.05) is 0 Å². The fourth-order valence-corrected chi connectivity index (χ4v) is 3.82. The van der Waals surface area contributed by atoms with Gasteiger partial charge in [-0.05, 0) is 26.7 Å². The van der Waals surface area contributed by atoms with Gasteiger partial charge in [0.05, 0.1) is 6.54 Å². The highest BCUT2D eigenvalue weighted by Crippen LogP contribution is 2.37. The first kappa shape index (κ1) is 14.5. The number of likely N-dealkylation sites (tertiary alicyclic amines) is 1. The van der Waals surface area contributed by atoms with E-state index in [1.54, 1.807) is 0 Å². The Morgan fingerprint density at radius 1 is 1.33 bits per heavy atom. The number of imide groups is 1. The summed E-state index contributed by atoms with van der Waals surface area (Å²) in [5.74, 6) is 0.554. The third kappa shape index (κ3) is 2.57. The number of nitrogens with two attached hydrogens (primary N) is 1. The molecule has 1 saturated heterocycles.